The van der Waals surface area contributed by atoms with Gasteiger partial charge in [0.05, 0.1) is 57.7 Å². The highest BCUT2D eigenvalue weighted by Gasteiger charge is 2.25. The van der Waals surface area contributed by atoms with E-state index in [0.29, 0.717) is 45.0 Å². The molecule has 0 radical (unpaired) electrons. The van der Waals surface area contributed by atoms with Gasteiger partial charge in [-0.25, -0.2) is 5.10 Å². The second-order valence-electron chi connectivity index (χ2n) is 7.17. The fraction of sp³-hybridized carbons (Fsp3) is 0.143. The van der Waals surface area contributed by atoms with Crippen LogP contribution in [-0.2, 0) is 13.6 Å². The molecule has 0 bridgehead atoms. The van der Waals surface area contributed by atoms with Gasteiger partial charge in [0, 0.05) is 30.1 Å². The molecule has 154 valence electrons. The van der Waals surface area contributed by atoms with Crippen molar-refractivity contribution in [2.24, 2.45) is 12.8 Å². The van der Waals surface area contributed by atoms with Gasteiger partial charge in [0.1, 0.15) is 0 Å². The van der Waals surface area contributed by atoms with Gasteiger partial charge in [0.2, 0.25) is 0 Å². The van der Waals surface area contributed by atoms with E-state index in [1.807, 2.05) is 12.1 Å². The highest BCUT2D eigenvalue weighted by Crippen LogP contribution is 2.45. The van der Waals surface area contributed by atoms with Crippen molar-refractivity contribution in [3.63, 3.8) is 0 Å². The molecular formula is C21H17ClN8O. The molecule has 4 aromatic rings. The first-order chi connectivity index (χ1) is 15.0. The van der Waals surface area contributed by atoms with Gasteiger partial charge in [-0.05, 0) is 23.8 Å². The van der Waals surface area contributed by atoms with Crippen LogP contribution in [0.5, 0.6) is 0 Å². The lowest BCUT2D eigenvalue weighted by Gasteiger charge is -2.14. The summed E-state index contributed by atoms with van der Waals surface area (Å²) >= 11 is 6.76. The molecule has 0 saturated carbocycles. The lowest BCUT2D eigenvalue weighted by molar-refractivity contribution is 0.776. The molecule has 2 aromatic carbocycles. The van der Waals surface area contributed by atoms with Gasteiger partial charge >= 0.3 is 0 Å². The molecule has 10 heteroatoms. The standard InChI is InChI=1S/C21H17ClN8O/c1-30-20(17-11(6-23)5-15-19(18(17)22)26-9-25-15)14(8-27-30)10-2-3-12-13(4-10)16(7-24)28-29-21(12)31/h2-5,8,25-26H,7,9,24H2,1H3,(H,29,31). The predicted molar refractivity (Wildman–Crippen MR) is 120 cm³/mol. The molecule has 5 N–H and O–H groups in total. The number of hydrogen-bond donors (Lipinski definition) is 4. The molecular weight excluding hydrogens is 416 g/mol. The lowest BCUT2D eigenvalue weighted by atomic mass is 9.95. The normalized spacial score (nSPS) is 12.3. The van der Waals surface area contributed by atoms with Crippen LogP contribution in [0.25, 0.3) is 33.2 Å². The van der Waals surface area contributed by atoms with Crippen LogP contribution in [0.2, 0.25) is 5.02 Å². The van der Waals surface area contributed by atoms with Gasteiger partial charge in [0.15, 0.2) is 0 Å². The number of anilines is 2. The molecule has 31 heavy (non-hydrogen) atoms. The number of benzene rings is 2. The number of H-pyrrole nitrogens is 1. The Kier molecular flexibility index (Phi) is 4.39. The van der Waals surface area contributed by atoms with Gasteiger partial charge in [0.25, 0.3) is 5.56 Å². The largest absolute Gasteiger partial charge is 0.366 e. The Morgan fingerprint density at radius 2 is 2.13 bits per heavy atom. The van der Waals surface area contributed by atoms with E-state index in [9.17, 15) is 10.1 Å². The van der Waals surface area contributed by atoms with E-state index in [1.165, 1.54) is 0 Å². The summed E-state index contributed by atoms with van der Waals surface area (Å²) in [5.74, 6) is 0. The van der Waals surface area contributed by atoms with Gasteiger partial charge in [-0.15, -0.1) is 0 Å². The monoisotopic (exact) mass is 432 g/mol. The lowest BCUT2D eigenvalue weighted by Crippen LogP contribution is -2.13. The summed E-state index contributed by atoms with van der Waals surface area (Å²) in [5.41, 5.74) is 11.0. The molecule has 0 unspecified atom stereocenters. The maximum atomic E-state index is 12.2. The van der Waals surface area contributed by atoms with Gasteiger partial charge in [-0.1, -0.05) is 17.7 Å². The van der Waals surface area contributed by atoms with Gasteiger partial charge in [-0.3, -0.25) is 9.48 Å². The summed E-state index contributed by atoms with van der Waals surface area (Å²) in [5, 5.41) is 28.8. The van der Waals surface area contributed by atoms with E-state index in [2.05, 4.69) is 32.0 Å². The minimum atomic E-state index is -0.280. The molecule has 9 nitrogen and oxygen atoms in total. The molecule has 0 amide bonds. The van der Waals surface area contributed by atoms with E-state index in [4.69, 9.17) is 17.3 Å². The van der Waals surface area contributed by atoms with E-state index in [-0.39, 0.29) is 12.1 Å². The fourth-order valence-corrected chi connectivity index (χ4v) is 4.36. The number of hydrogen-bond acceptors (Lipinski definition) is 7. The highest BCUT2D eigenvalue weighted by atomic mass is 35.5. The average molecular weight is 433 g/mol. The quantitative estimate of drug-likeness (QED) is 0.390. The second-order valence-corrected chi connectivity index (χ2v) is 7.55. The van der Waals surface area contributed by atoms with Crippen LogP contribution >= 0.6 is 11.6 Å². The molecule has 1 aliphatic rings. The van der Waals surface area contributed by atoms with Crippen molar-refractivity contribution in [2.45, 2.75) is 6.54 Å². The zero-order valence-corrected chi connectivity index (χ0v) is 17.2. The van der Waals surface area contributed by atoms with Gasteiger partial charge < -0.3 is 16.4 Å². The zero-order chi connectivity index (χ0) is 21.7. The van der Waals surface area contributed by atoms with Crippen molar-refractivity contribution in [1.82, 2.24) is 20.0 Å². The zero-order valence-electron chi connectivity index (χ0n) is 16.5. The highest BCUT2D eigenvalue weighted by molar-refractivity contribution is 6.37. The predicted octanol–water partition coefficient (Wildman–Crippen LogP) is 2.77. The van der Waals surface area contributed by atoms with E-state index in [0.717, 1.165) is 22.5 Å². The Labute approximate surface area is 181 Å². The van der Waals surface area contributed by atoms with Crippen LogP contribution in [0.15, 0.2) is 35.3 Å². The Morgan fingerprint density at radius 3 is 2.90 bits per heavy atom. The molecule has 0 spiro atoms. The number of aromatic amines is 1. The number of aryl methyl sites for hydroxylation is 1. The van der Waals surface area contributed by atoms with Crippen molar-refractivity contribution in [1.29, 1.82) is 5.26 Å². The first kappa shape index (κ1) is 19.1. The van der Waals surface area contributed by atoms with E-state index in [1.54, 1.807) is 30.1 Å². The molecule has 5 rings (SSSR count). The van der Waals surface area contributed by atoms with Crippen LogP contribution in [-0.4, -0.2) is 26.6 Å². The molecule has 1 aliphatic heterocycles. The third-order valence-corrected chi connectivity index (χ3v) is 5.86. The van der Waals surface area contributed by atoms with Crippen LogP contribution in [0.4, 0.5) is 11.4 Å². The van der Waals surface area contributed by atoms with Gasteiger partial charge in [-0.2, -0.15) is 15.5 Å². The number of rotatable bonds is 3. The van der Waals surface area contributed by atoms with Crippen molar-refractivity contribution in [3.8, 4) is 28.5 Å². The van der Waals surface area contributed by atoms with Crippen LogP contribution in [0.1, 0.15) is 11.3 Å². The van der Waals surface area contributed by atoms with Crippen LogP contribution < -0.4 is 21.9 Å². The van der Waals surface area contributed by atoms with Crippen molar-refractivity contribution >= 4 is 33.7 Å². The third kappa shape index (κ3) is 2.84. The average Bonchev–Trinajstić information content (AvgIpc) is 3.40. The number of halogens is 1. The van der Waals surface area contributed by atoms with Crippen LogP contribution in [0.3, 0.4) is 0 Å². The van der Waals surface area contributed by atoms with Crippen molar-refractivity contribution < 1.29 is 0 Å². The maximum absolute atomic E-state index is 12.2. The summed E-state index contributed by atoms with van der Waals surface area (Å²) in [7, 11) is 1.80. The molecule has 0 fully saturated rings. The minimum Gasteiger partial charge on any atom is -0.366 e. The summed E-state index contributed by atoms with van der Waals surface area (Å²) < 4.78 is 1.69. The van der Waals surface area contributed by atoms with Crippen molar-refractivity contribution in [2.75, 3.05) is 17.3 Å². The summed E-state index contributed by atoms with van der Waals surface area (Å²) in [6.07, 6.45) is 1.72. The van der Waals surface area contributed by atoms with Crippen LogP contribution in [0, 0.1) is 11.3 Å². The molecule has 0 atom stereocenters. The van der Waals surface area contributed by atoms with E-state index < -0.39 is 0 Å². The SMILES string of the molecule is Cn1ncc(-c2ccc3c(=O)[nH]nc(CN)c3c2)c1-c1c(C#N)cc2c(c1Cl)NCN2. The Bertz CT molecular complexity index is 1460. The number of fused-ring (bicyclic) bond motifs is 2. The Hall–Kier alpha value is -3.87. The summed E-state index contributed by atoms with van der Waals surface area (Å²) in [4.78, 5) is 12.2. The Balaban J connectivity index is 1.79. The molecule has 0 saturated heterocycles. The fourth-order valence-electron chi connectivity index (χ4n) is 4.00. The first-order valence-corrected chi connectivity index (χ1v) is 9.89. The molecule has 3 heterocycles. The Morgan fingerprint density at radius 1 is 1.29 bits per heavy atom. The molecule has 2 aromatic heterocycles. The second kappa shape index (κ2) is 7.12. The smallest absolute Gasteiger partial charge is 0.272 e. The number of nitrogens with one attached hydrogen (secondary N) is 3. The first-order valence-electron chi connectivity index (χ1n) is 9.52. The topological polar surface area (TPSA) is 137 Å². The molecule has 0 aliphatic carbocycles. The third-order valence-electron chi connectivity index (χ3n) is 5.48. The summed E-state index contributed by atoms with van der Waals surface area (Å²) in [6, 6.07) is 9.48. The number of aromatic nitrogens is 4. The number of nitrogens with zero attached hydrogens (tertiary/aromatic N) is 4. The minimum absolute atomic E-state index is 0.185. The summed E-state index contributed by atoms with van der Waals surface area (Å²) in [6.45, 7) is 0.722. The maximum Gasteiger partial charge on any atom is 0.272 e. The number of nitrogens with two attached hydrogens (primary N) is 1. The van der Waals surface area contributed by atoms with Crippen molar-refractivity contribution in [3.05, 3.63) is 57.1 Å². The number of nitriles is 1. The van der Waals surface area contributed by atoms with E-state index >= 15 is 0 Å².